The molecule has 19 heavy (non-hydrogen) atoms. The first-order chi connectivity index (χ1) is 8.91. The predicted molar refractivity (Wildman–Crippen MR) is 66.8 cm³/mol. The molecule has 1 aromatic carbocycles. The summed E-state index contributed by atoms with van der Waals surface area (Å²) in [5, 5.41) is 9.45. The summed E-state index contributed by atoms with van der Waals surface area (Å²) in [6, 6.07) is 3.67. The van der Waals surface area contributed by atoms with E-state index in [1.807, 2.05) is 4.90 Å². The standard InChI is InChI=1S/C13H17F3N2O/c14-13(15,16)10-1-2-12(9(7-10)8-17)18-5-3-11(19)4-6-18/h1-2,7,11,19H,3-6,8,17H2. The van der Waals surface area contributed by atoms with Gasteiger partial charge in [-0.15, -0.1) is 0 Å². The number of rotatable bonds is 2. The second-order valence-electron chi connectivity index (χ2n) is 4.76. The Hall–Kier alpha value is -1.27. The van der Waals surface area contributed by atoms with Crippen molar-refractivity contribution in [2.24, 2.45) is 5.73 Å². The molecule has 1 aliphatic heterocycles. The monoisotopic (exact) mass is 274 g/mol. The van der Waals surface area contributed by atoms with Gasteiger partial charge >= 0.3 is 6.18 Å². The molecule has 1 heterocycles. The number of piperidine rings is 1. The van der Waals surface area contributed by atoms with Gasteiger partial charge in [0.25, 0.3) is 0 Å². The summed E-state index contributed by atoms with van der Waals surface area (Å²) >= 11 is 0. The molecule has 0 aliphatic carbocycles. The fraction of sp³-hybridized carbons (Fsp3) is 0.538. The lowest BCUT2D eigenvalue weighted by Crippen LogP contribution is -2.36. The third-order valence-corrected chi connectivity index (χ3v) is 3.43. The number of nitrogens with two attached hydrogens (primary N) is 1. The largest absolute Gasteiger partial charge is 0.416 e. The van der Waals surface area contributed by atoms with Crippen LogP contribution in [0.15, 0.2) is 18.2 Å². The third-order valence-electron chi connectivity index (χ3n) is 3.43. The van der Waals surface area contributed by atoms with Crippen LogP contribution in [0.1, 0.15) is 24.0 Å². The Kier molecular flexibility index (Phi) is 4.01. The average Bonchev–Trinajstić information content (AvgIpc) is 2.38. The first-order valence-corrected chi connectivity index (χ1v) is 6.25. The summed E-state index contributed by atoms with van der Waals surface area (Å²) in [6.07, 6.45) is -3.40. The van der Waals surface area contributed by atoms with Crippen LogP contribution >= 0.6 is 0 Å². The van der Waals surface area contributed by atoms with Crippen LogP contribution in [0.4, 0.5) is 18.9 Å². The van der Waals surface area contributed by atoms with Crippen LogP contribution in [0.3, 0.4) is 0 Å². The Balaban J connectivity index is 2.26. The van der Waals surface area contributed by atoms with E-state index in [0.29, 0.717) is 31.5 Å². The number of benzene rings is 1. The Morgan fingerprint density at radius 1 is 1.26 bits per heavy atom. The molecule has 1 saturated heterocycles. The molecule has 0 bridgehead atoms. The van der Waals surface area contributed by atoms with Crippen LogP contribution in [0.2, 0.25) is 0 Å². The number of hydrogen-bond acceptors (Lipinski definition) is 3. The van der Waals surface area contributed by atoms with E-state index in [9.17, 15) is 18.3 Å². The van der Waals surface area contributed by atoms with Gasteiger partial charge in [-0.05, 0) is 36.6 Å². The molecule has 0 amide bonds. The molecule has 106 valence electrons. The lowest BCUT2D eigenvalue weighted by Gasteiger charge is -2.33. The van der Waals surface area contributed by atoms with Crippen molar-refractivity contribution in [3.63, 3.8) is 0 Å². The molecule has 0 aromatic heterocycles. The van der Waals surface area contributed by atoms with Crippen molar-refractivity contribution in [1.29, 1.82) is 0 Å². The molecular formula is C13H17F3N2O. The first kappa shape index (κ1) is 14.1. The smallest absolute Gasteiger partial charge is 0.393 e. The molecule has 0 radical (unpaired) electrons. The summed E-state index contributed by atoms with van der Waals surface area (Å²) < 4.78 is 37.9. The minimum absolute atomic E-state index is 0.0678. The molecule has 0 atom stereocenters. The summed E-state index contributed by atoms with van der Waals surface area (Å²) in [5.74, 6) is 0. The predicted octanol–water partition coefficient (Wildman–Crippen LogP) is 2.13. The van der Waals surface area contributed by atoms with Crippen LogP contribution in [-0.2, 0) is 12.7 Å². The van der Waals surface area contributed by atoms with E-state index in [4.69, 9.17) is 5.73 Å². The van der Waals surface area contributed by atoms with Crippen molar-refractivity contribution in [1.82, 2.24) is 0 Å². The molecule has 1 aliphatic rings. The summed E-state index contributed by atoms with van der Waals surface area (Å²) in [6.45, 7) is 1.34. The molecule has 0 unspecified atom stereocenters. The van der Waals surface area contributed by atoms with E-state index < -0.39 is 11.7 Å². The van der Waals surface area contributed by atoms with Gasteiger partial charge in [-0.2, -0.15) is 13.2 Å². The number of nitrogens with zero attached hydrogens (tertiary/aromatic N) is 1. The SMILES string of the molecule is NCc1cc(C(F)(F)F)ccc1N1CCC(O)CC1. The maximum absolute atomic E-state index is 12.6. The van der Waals surface area contributed by atoms with E-state index in [-0.39, 0.29) is 12.6 Å². The summed E-state index contributed by atoms with van der Waals surface area (Å²) in [7, 11) is 0. The van der Waals surface area contributed by atoms with Gasteiger partial charge in [-0.3, -0.25) is 0 Å². The highest BCUT2D eigenvalue weighted by atomic mass is 19.4. The quantitative estimate of drug-likeness (QED) is 0.868. The van der Waals surface area contributed by atoms with Crippen LogP contribution in [0.25, 0.3) is 0 Å². The highest BCUT2D eigenvalue weighted by Gasteiger charge is 2.31. The highest BCUT2D eigenvalue weighted by Crippen LogP contribution is 2.33. The van der Waals surface area contributed by atoms with Crippen molar-refractivity contribution < 1.29 is 18.3 Å². The fourth-order valence-electron chi connectivity index (χ4n) is 2.34. The molecule has 6 heteroatoms. The van der Waals surface area contributed by atoms with Crippen molar-refractivity contribution in [2.45, 2.75) is 31.7 Å². The Morgan fingerprint density at radius 2 is 1.89 bits per heavy atom. The minimum Gasteiger partial charge on any atom is -0.393 e. The molecule has 2 rings (SSSR count). The van der Waals surface area contributed by atoms with Gasteiger partial charge in [0.15, 0.2) is 0 Å². The molecule has 0 spiro atoms. The number of anilines is 1. The van der Waals surface area contributed by atoms with Gasteiger partial charge in [0.2, 0.25) is 0 Å². The van der Waals surface area contributed by atoms with Crippen LogP contribution in [0, 0.1) is 0 Å². The molecule has 1 fully saturated rings. The zero-order valence-corrected chi connectivity index (χ0v) is 10.5. The van der Waals surface area contributed by atoms with E-state index >= 15 is 0 Å². The van der Waals surface area contributed by atoms with E-state index in [1.54, 1.807) is 0 Å². The minimum atomic E-state index is -4.35. The Labute approximate surface area is 109 Å². The van der Waals surface area contributed by atoms with Crippen molar-refractivity contribution in [3.8, 4) is 0 Å². The van der Waals surface area contributed by atoms with Gasteiger partial charge in [-0.25, -0.2) is 0 Å². The second-order valence-corrected chi connectivity index (χ2v) is 4.76. The van der Waals surface area contributed by atoms with E-state index in [2.05, 4.69) is 0 Å². The van der Waals surface area contributed by atoms with Gasteiger partial charge in [0.1, 0.15) is 0 Å². The van der Waals surface area contributed by atoms with Crippen molar-refractivity contribution >= 4 is 5.69 Å². The topological polar surface area (TPSA) is 49.5 Å². The summed E-state index contributed by atoms with van der Waals surface area (Å²) in [5.41, 5.74) is 6.11. The maximum Gasteiger partial charge on any atom is 0.416 e. The van der Waals surface area contributed by atoms with Crippen molar-refractivity contribution in [3.05, 3.63) is 29.3 Å². The number of hydrogen-bond donors (Lipinski definition) is 2. The van der Waals surface area contributed by atoms with Gasteiger partial charge in [0.05, 0.1) is 11.7 Å². The average molecular weight is 274 g/mol. The van der Waals surface area contributed by atoms with E-state index in [1.165, 1.54) is 6.07 Å². The first-order valence-electron chi connectivity index (χ1n) is 6.25. The maximum atomic E-state index is 12.6. The molecule has 0 saturated carbocycles. The lowest BCUT2D eigenvalue weighted by atomic mass is 10.0. The van der Waals surface area contributed by atoms with Gasteiger partial charge in [-0.1, -0.05) is 0 Å². The van der Waals surface area contributed by atoms with Gasteiger partial charge in [0, 0.05) is 25.3 Å². The molecular weight excluding hydrogens is 257 g/mol. The normalized spacial score (nSPS) is 17.8. The number of alkyl halides is 3. The van der Waals surface area contributed by atoms with Crippen LogP contribution in [-0.4, -0.2) is 24.3 Å². The van der Waals surface area contributed by atoms with Crippen LogP contribution < -0.4 is 10.6 Å². The number of aliphatic hydroxyl groups excluding tert-OH is 1. The molecule has 1 aromatic rings. The summed E-state index contributed by atoms with van der Waals surface area (Å²) in [4.78, 5) is 1.98. The highest BCUT2D eigenvalue weighted by molar-refractivity contribution is 5.55. The van der Waals surface area contributed by atoms with Crippen LogP contribution in [0.5, 0.6) is 0 Å². The zero-order chi connectivity index (χ0) is 14.0. The second kappa shape index (κ2) is 5.38. The van der Waals surface area contributed by atoms with Crippen molar-refractivity contribution in [2.75, 3.05) is 18.0 Å². The Bertz CT molecular complexity index is 440. The van der Waals surface area contributed by atoms with Gasteiger partial charge < -0.3 is 15.7 Å². The third kappa shape index (κ3) is 3.19. The van der Waals surface area contributed by atoms with E-state index in [0.717, 1.165) is 17.8 Å². The fourth-order valence-corrected chi connectivity index (χ4v) is 2.34. The number of aliphatic hydroxyl groups is 1. The Morgan fingerprint density at radius 3 is 2.42 bits per heavy atom. The zero-order valence-electron chi connectivity index (χ0n) is 10.5. The number of halogens is 3. The molecule has 3 nitrogen and oxygen atoms in total. The lowest BCUT2D eigenvalue weighted by molar-refractivity contribution is -0.137. The molecule has 3 N–H and O–H groups in total.